The molecule has 0 saturated carbocycles. The molecule has 0 aliphatic carbocycles. The molecule has 2 aromatic heterocycles. The summed E-state index contributed by atoms with van der Waals surface area (Å²) < 4.78 is 1.81. The molecule has 3 rings (SSSR count). The van der Waals surface area contributed by atoms with Gasteiger partial charge in [-0.15, -0.1) is 0 Å². The minimum Gasteiger partial charge on any atom is -0.398 e. The summed E-state index contributed by atoms with van der Waals surface area (Å²) in [4.78, 5) is 16.3. The van der Waals surface area contributed by atoms with Crippen molar-refractivity contribution in [3.63, 3.8) is 0 Å². The van der Waals surface area contributed by atoms with Crippen molar-refractivity contribution in [3.05, 3.63) is 54.4 Å². The third-order valence-electron chi connectivity index (χ3n) is 3.17. The van der Waals surface area contributed by atoms with Crippen molar-refractivity contribution in [2.45, 2.75) is 0 Å². The van der Waals surface area contributed by atoms with Crippen molar-refractivity contribution >= 4 is 17.2 Å². The van der Waals surface area contributed by atoms with Gasteiger partial charge >= 0.3 is 0 Å². The fraction of sp³-hybridized carbons (Fsp3) is 0.0667. The largest absolute Gasteiger partial charge is 0.398 e. The molecule has 1 amide bonds. The van der Waals surface area contributed by atoms with Crippen molar-refractivity contribution in [2.24, 2.45) is 0 Å². The Hall–Kier alpha value is -2.82. The average Bonchev–Trinajstić information content (AvgIpc) is 2.89. The lowest BCUT2D eigenvalue weighted by molar-refractivity contribution is 0.0963. The number of nitrogens with zero attached hydrogens (tertiary/aromatic N) is 2. The van der Waals surface area contributed by atoms with Crippen LogP contribution in [0, 0.1) is 0 Å². The van der Waals surface area contributed by atoms with Crippen LogP contribution in [-0.4, -0.2) is 22.3 Å². The molecule has 20 heavy (non-hydrogen) atoms. The van der Waals surface area contributed by atoms with E-state index in [0.717, 1.165) is 11.3 Å². The molecule has 0 radical (unpaired) electrons. The maximum atomic E-state index is 11.7. The van der Waals surface area contributed by atoms with Crippen molar-refractivity contribution in [1.82, 2.24) is 14.7 Å². The van der Waals surface area contributed by atoms with Gasteiger partial charge in [0, 0.05) is 36.8 Å². The van der Waals surface area contributed by atoms with Gasteiger partial charge in [0.15, 0.2) is 0 Å². The van der Waals surface area contributed by atoms with E-state index in [0.29, 0.717) is 16.9 Å². The van der Waals surface area contributed by atoms with Crippen molar-refractivity contribution in [2.75, 3.05) is 12.8 Å². The molecule has 3 aromatic rings. The molecule has 0 saturated heterocycles. The number of amides is 1. The van der Waals surface area contributed by atoms with Gasteiger partial charge in [0.1, 0.15) is 5.65 Å². The minimum absolute atomic E-state index is 0.209. The maximum Gasteiger partial charge on any atom is 0.254 e. The standard InChI is InChI=1S/C15H14N4O/c1-17-15(20)11-8-19-9-13(10-5-3-2-4-6-10)18-14(19)7-12(11)16/h2-9H,16H2,1H3,(H,17,20). The first-order valence-corrected chi connectivity index (χ1v) is 6.25. The van der Waals surface area contributed by atoms with Gasteiger partial charge in [-0.3, -0.25) is 4.79 Å². The number of pyridine rings is 1. The van der Waals surface area contributed by atoms with Crippen LogP contribution in [0.25, 0.3) is 16.9 Å². The predicted molar refractivity (Wildman–Crippen MR) is 78.4 cm³/mol. The SMILES string of the molecule is CNC(=O)c1cn2cc(-c3ccccc3)nc2cc1N. The molecule has 0 atom stereocenters. The smallest absolute Gasteiger partial charge is 0.254 e. The van der Waals surface area contributed by atoms with Gasteiger partial charge in [-0.25, -0.2) is 4.98 Å². The number of nitrogens with two attached hydrogens (primary N) is 1. The van der Waals surface area contributed by atoms with E-state index in [-0.39, 0.29) is 5.91 Å². The Morgan fingerprint density at radius 3 is 2.70 bits per heavy atom. The molecule has 2 heterocycles. The normalized spacial score (nSPS) is 10.7. The number of rotatable bonds is 2. The van der Waals surface area contributed by atoms with Gasteiger partial charge in [-0.1, -0.05) is 30.3 Å². The quantitative estimate of drug-likeness (QED) is 0.744. The molecule has 5 heteroatoms. The molecular weight excluding hydrogens is 252 g/mol. The molecule has 5 nitrogen and oxygen atoms in total. The van der Waals surface area contributed by atoms with Gasteiger partial charge in [-0.05, 0) is 0 Å². The number of benzene rings is 1. The molecule has 0 unspecified atom stereocenters. The molecule has 0 aliphatic rings. The maximum absolute atomic E-state index is 11.7. The van der Waals surface area contributed by atoms with Gasteiger partial charge in [0.25, 0.3) is 5.91 Å². The Balaban J connectivity index is 2.15. The minimum atomic E-state index is -0.209. The van der Waals surface area contributed by atoms with Crippen LogP contribution in [0.3, 0.4) is 0 Å². The fourth-order valence-corrected chi connectivity index (χ4v) is 2.12. The monoisotopic (exact) mass is 266 g/mol. The Morgan fingerprint density at radius 1 is 1.25 bits per heavy atom. The Labute approximate surface area is 116 Å². The number of anilines is 1. The number of carbonyl (C=O) groups excluding carboxylic acids is 1. The van der Waals surface area contributed by atoms with Crippen LogP contribution in [0.2, 0.25) is 0 Å². The Morgan fingerprint density at radius 2 is 2.00 bits per heavy atom. The van der Waals surface area contributed by atoms with E-state index in [1.165, 1.54) is 0 Å². The highest BCUT2D eigenvalue weighted by Crippen LogP contribution is 2.21. The lowest BCUT2D eigenvalue weighted by Gasteiger charge is -2.04. The first-order valence-electron chi connectivity index (χ1n) is 6.25. The van der Waals surface area contributed by atoms with Crippen LogP contribution in [0.5, 0.6) is 0 Å². The Bertz CT molecular complexity index is 777. The number of imidazole rings is 1. The van der Waals surface area contributed by atoms with E-state index in [9.17, 15) is 4.79 Å². The molecule has 0 spiro atoms. The van der Waals surface area contributed by atoms with Crippen LogP contribution >= 0.6 is 0 Å². The zero-order valence-corrected chi connectivity index (χ0v) is 11.0. The number of fused-ring (bicyclic) bond motifs is 1. The summed E-state index contributed by atoms with van der Waals surface area (Å²) in [6.07, 6.45) is 3.58. The van der Waals surface area contributed by atoms with E-state index in [4.69, 9.17) is 5.73 Å². The molecule has 0 fully saturated rings. The first-order chi connectivity index (χ1) is 9.69. The molecule has 1 aromatic carbocycles. The molecule has 0 bridgehead atoms. The molecular formula is C15H14N4O. The Kier molecular flexibility index (Phi) is 2.87. The predicted octanol–water partition coefficient (Wildman–Crippen LogP) is 1.94. The van der Waals surface area contributed by atoms with Gasteiger partial charge in [0.2, 0.25) is 0 Å². The third-order valence-corrected chi connectivity index (χ3v) is 3.17. The summed E-state index contributed by atoms with van der Waals surface area (Å²) in [6, 6.07) is 11.6. The average molecular weight is 266 g/mol. The van der Waals surface area contributed by atoms with Crippen molar-refractivity contribution < 1.29 is 4.79 Å². The van der Waals surface area contributed by atoms with Crippen LogP contribution in [0.15, 0.2) is 48.8 Å². The van der Waals surface area contributed by atoms with E-state index in [2.05, 4.69) is 10.3 Å². The van der Waals surface area contributed by atoms with E-state index < -0.39 is 0 Å². The summed E-state index contributed by atoms with van der Waals surface area (Å²) in [7, 11) is 1.58. The van der Waals surface area contributed by atoms with Crippen LogP contribution in [0.4, 0.5) is 5.69 Å². The number of carbonyl (C=O) groups is 1. The van der Waals surface area contributed by atoms with Crippen LogP contribution in [-0.2, 0) is 0 Å². The highest BCUT2D eigenvalue weighted by Gasteiger charge is 2.11. The van der Waals surface area contributed by atoms with Gasteiger partial charge < -0.3 is 15.5 Å². The van der Waals surface area contributed by atoms with E-state index in [1.54, 1.807) is 19.3 Å². The second-order valence-corrected chi connectivity index (χ2v) is 4.48. The molecule has 100 valence electrons. The summed E-state index contributed by atoms with van der Waals surface area (Å²) in [5.41, 5.74) is 9.34. The lowest BCUT2D eigenvalue weighted by Crippen LogP contribution is -2.19. The summed E-state index contributed by atoms with van der Waals surface area (Å²) in [6.45, 7) is 0. The lowest BCUT2D eigenvalue weighted by atomic mass is 10.2. The zero-order chi connectivity index (χ0) is 14.1. The highest BCUT2D eigenvalue weighted by molar-refractivity contribution is 5.99. The third kappa shape index (κ3) is 1.99. The van der Waals surface area contributed by atoms with Crippen LogP contribution in [0.1, 0.15) is 10.4 Å². The number of aromatic nitrogens is 2. The second kappa shape index (κ2) is 4.70. The van der Waals surface area contributed by atoms with Gasteiger partial charge in [-0.2, -0.15) is 0 Å². The second-order valence-electron chi connectivity index (χ2n) is 4.48. The van der Waals surface area contributed by atoms with Crippen molar-refractivity contribution in [3.8, 4) is 11.3 Å². The number of nitrogens with one attached hydrogen (secondary N) is 1. The molecule has 0 aliphatic heterocycles. The number of nitrogen functional groups attached to an aromatic ring is 1. The fourth-order valence-electron chi connectivity index (χ4n) is 2.12. The van der Waals surface area contributed by atoms with E-state index >= 15 is 0 Å². The summed E-state index contributed by atoms with van der Waals surface area (Å²) >= 11 is 0. The van der Waals surface area contributed by atoms with Gasteiger partial charge in [0.05, 0.1) is 11.3 Å². The van der Waals surface area contributed by atoms with Crippen molar-refractivity contribution in [1.29, 1.82) is 0 Å². The van der Waals surface area contributed by atoms with E-state index in [1.807, 2.05) is 40.9 Å². The number of hydrogen-bond acceptors (Lipinski definition) is 3. The number of hydrogen-bond donors (Lipinski definition) is 2. The first kappa shape index (κ1) is 12.2. The highest BCUT2D eigenvalue weighted by atomic mass is 16.1. The van der Waals surface area contributed by atoms with Crippen LogP contribution < -0.4 is 11.1 Å². The molecule has 3 N–H and O–H groups in total. The topological polar surface area (TPSA) is 72.4 Å². The summed E-state index contributed by atoms with van der Waals surface area (Å²) in [5.74, 6) is -0.209. The zero-order valence-electron chi connectivity index (χ0n) is 11.0. The summed E-state index contributed by atoms with van der Waals surface area (Å²) in [5, 5.41) is 2.57.